The van der Waals surface area contributed by atoms with Gasteiger partial charge in [0.25, 0.3) is 0 Å². The van der Waals surface area contributed by atoms with Crippen molar-refractivity contribution >= 4 is 23.1 Å². The van der Waals surface area contributed by atoms with Gasteiger partial charge in [-0.2, -0.15) is 0 Å². The Labute approximate surface area is 188 Å². The van der Waals surface area contributed by atoms with Crippen molar-refractivity contribution in [1.82, 2.24) is 0 Å². The molecule has 1 amide bonds. The molecule has 0 aromatic heterocycles. The number of ketones is 1. The lowest BCUT2D eigenvalue weighted by molar-refractivity contribution is -0.125. The van der Waals surface area contributed by atoms with E-state index in [2.05, 4.69) is 11.4 Å². The molecule has 2 N–H and O–H groups in total. The SMILES string of the molecule is CCOc1cc(C2C3C(=O)CC(C)(C)C=C3Nc3ccccc3N2C(=O)CC)ccc1O. The fourth-order valence-corrected chi connectivity index (χ4v) is 4.79. The molecule has 0 radical (unpaired) electrons. The third kappa shape index (κ3) is 3.85. The molecule has 0 bridgehead atoms. The van der Waals surface area contributed by atoms with E-state index in [-0.39, 0.29) is 22.9 Å². The Hall–Kier alpha value is -3.28. The van der Waals surface area contributed by atoms with E-state index in [1.807, 2.05) is 52.0 Å². The molecule has 0 spiro atoms. The second-order valence-corrected chi connectivity index (χ2v) is 9.07. The number of fused-ring (bicyclic) bond motifs is 2. The van der Waals surface area contributed by atoms with Crippen LogP contribution in [-0.2, 0) is 9.59 Å². The Bertz CT molecular complexity index is 1090. The maximum Gasteiger partial charge on any atom is 0.227 e. The fourth-order valence-electron chi connectivity index (χ4n) is 4.79. The number of para-hydroxylation sites is 2. The number of nitrogens with zero attached hydrogens (tertiary/aromatic N) is 1. The molecule has 6 heteroatoms. The summed E-state index contributed by atoms with van der Waals surface area (Å²) in [6, 6.07) is 12.2. The summed E-state index contributed by atoms with van der Waals surface area (Å²) >= 11 is 0. The number of hydrogen-bond acceptors (Lipinski definition) is 5. The summed E-state index contributed by atoms with van der Waals surface area (Å²) in [7, 11) is 0. The van der Waals surface area contributed by atoms with Crippen LogP contribution >= 0.6 is 0 Å². The number of aromatic hydroxyl groups is 1. The lowest BCUT2D eigenvalue weighted by Gasteiger charge is -2.39. The van der Waals surface area contributed by atoms with Crippen LogP contribution in [0.1, 0.15) is 52.1 Å². The highest BCUT2D eigenvalue weighted by Crippen LogP contribution is 2.49. The molecule has 6 nitrogen and oxygen atoms in total. The molecule has 2 aliphatic rings. The van der Waals surface area contributed by atoms with Crippen LogP contribution in [0.2, 0.25) is 0 Å². The molecule has 0 saturated heterocycles. The molecule has 2 aromatic carbocycles. The highest BCUT2D eigenvalue weighted by Gasteiger charge is 2.46. The predicted molar refractivity (Wildman–Crippen MR) is 125 cm³/mol. The molecule has 0 saturated carbocycles. The summed E-state index contributed by atoms with van der Waals surface area (Å²) in [5.74, 6) is -0.173. The first kappa shape index (κ1) is 21.9. The molecule has 32 heavy (non-hydrogen) atoms. The van der Waals surface area contributed by atoms with Gasteiger partial charge in [0.1, 0.15) is 5.78 Å². The van der Waals surface area contributed by atoms with Gasteiger partial charge in [0.05, 0.1) is 29.9 Å². The molecule has 168 valence electrons. The monoisotopic (exact) mass is 434 g/mol. The number of allylic oxidation sites excluding steroid dienone is 1. The normalized spacial score (nSPS) is 21.6. The number of phenols is 1. The van der Waals surface area contributed by atoms with Gasteiger partial charge in [-0.15, -0.1) is 0 Å². The van der Waals surface area contributed by atoms with E-state index in [0.29, 0.717) is 25.2 Å². The van der Waals surface area contributed by atoms with E-state index < -0.39 is 12.0 Å². The summed E-state index contributed by atoms with van der Waals surface area (Å²) in [6.45, 7) is 8.16. The minimum Gasteiger partial charge on any atom is -0.504 e. The fraction of sp³-hybridized carbons (Fsp3) is 0.385. The highest BCUT2D eigenvalue weighted by atomic mass is 16.5. The van der Waals surface area contributed by atoms with Gasteiger partial charge in [-0.1, -0.05) is 45.0 Å². The van der Waals surface area contributed by atoms with E-state index in [9.17, 15) is 14.7 Å². The Kier molecular flexibility index (Phi) is 5.71. The van der Waals surface area contributed by atoms with Crippen LogP contribution in [0.4, 0.5) is 11.4 Å². The Morgan fingerprint density at radius 1 is 1.22 bits per heavy atom. The molecule has 1 aliphatic carbocycles. The smallest absolute Gasteiger partial charge is 0.227 e. The first-order valence-electron chi connectivity index (χ1n) is 11.1. The molecule has 2 atom stereocenters. The Morgan fingerprint density at radius 2 is 1.97 bits per heavy atom. The third-order valence-corrected chi connectivity index (χ3v) is 6.09. The van der Waals surface area contributed by atoms with Crippen LogP contribution in [0.3, 0.4) is 0 Å². The number of hydrogen-bond donors (Lipinski definition) is 2. The van der Waals surface area contributed by atoms with Gasteiger partial charge < -0.3 is 20.1 Å². The number of nitrogens with one attached hydrogen (secondary N) is 1. The summed E-state index contributed by atoms with van der Waals surface area (Å²) in [6.07, 6.45) is 2.81. The van der Waals surface area contributed by atoms with E-state index in [0.717, 1.165) is 22.6 Å². The van der Waals surface area contributed by atoms with E-state index in [1.54, 1.807) is 23.1 Å². The average Bonchev–Trinajstić information content (AvgIpc) is 2.88. The quantitative estimate of drug-likeness (QED) is 0.691. The van der Waals surface area contributed by atoms with E-state index >= 15 is 0 Å². The number of Topliss-reactive ketones (excluding diaryl/α,β-unsaturated/α-hetero) is 1. The number of phenolic OH excluding ortho intramolecular Hbond substituents is 1. The number of amides is 1. The third-order valence-electron chi connectivity index (χ3n) is 6.09. The number of rotatable bonds is 4. The summed E-state index contributed by atoms with van der Waals surface area (Å²) in [4.78, 5) is 28.6. The summed E-state index contributed by atoms with van der Waals surface area (Å²) < 4.78 is 5.62. The van der Waals surface area contributed by atoms with Crippen molar-refractivity contribution in [2.24, 2.45) is 11.3 Å². The molecule has 2 unspecified atom stereocenters. The maximum atomic E-state index is 13.6. The van der Waals surface area contributed by atoms with Crippen molar-refractivity contribution in [3.63, 3.8) is 0 Å². The zero-order chi connectivity index (χ0) is 23.0. The lowest BCUT2D eigenvalue weighted by atomic mass is 9.72. The molecular formula is C26H30N2O4. The van der Waals surface area contributed by atoms with Crippen LogP contribution in [-0.4, -0.2) is 23.4 Å². The lowest BCUT2D eigenvalue weighted by Crippen LogP contribution is -2.43. The van der Waals surface area contributed by atoms with Gasteiger partial charge in [0.2, 0.25) is 5.91 Å². The second-order valence-electron chi connectivity index (χ2n) is 9.07. The number of benzene rings is 2. The van der Waals surface area contributed by atoms with Crippen molar-refractivity contribution in [2.45, 2.75) is 46.6 Å². The van der Waals surface area contributed by atoms with Gasteiger partial charge in [-0.3, -0.25) is 9.59 Å². The van der Waals surface area contributed by atoms with Crippen LogP contribution in [0, 0.1) is 11.3 Å². The van der Waals surface area contributed by atoms with Crippen LogP contribution < -0.4 is 15.0 Å². The van der Waals surface area contributed by atoms with Crippen molar-refractivity contribution in [3.8, 4) is 11.5 Å². The van der Waals surface area contributed by atoms with Gasteiger partial charge in [0.15, 0.2) is 11.5 Å². The largest absolute Gasteiger partial charge is 0.504 e. The van der Waals surface area contributed by atoms with Gasteiger partial charge in [-0.05, 0) is 42.2 Å². The minimum atomic E-state index is -0.562. The Balaban J connectivity index is 1.99. The van der Waals surface area contributed by atoms with Gasteiger partial charge >= 0.3 is 0 Å². The number of carbonyl (C=O) groups is 2. The van der Waals surface area contributed by atoms with Gasteiger partial charge in [-0.25, -0.2) is 0 Å². The van der Waals surface area contributed by atoms with Crippen molar-refractivity contribution < 1.29 is 19.4 Å². The van der Waals surface area contributed by atoms with Gasteiger partial charge in [0, 0.05) is 18.5 Å². The molecular weight excluding hydrogens is 404 g/mol. The highest BCUT2D eigenvalue weighted by molar-refractivity contribution is 6.01. The number of carbonyl (C=O) groups excluding carboxylic acids is 2. The molecule has 1 aliphatic heterocycles. The summed E-state index contributed by atoms with van der Waals surface area (Å²) in [5.41, 5.74) is 2.79. The van der Waals surface area contributed by atoms with E-state index in [4.69, 9.17) is 4.74 Å². The molecule has 1 heterocycles. The van der Waals surface area contributed by atoms with Crippen molar-refractivity contribution in [3.05, 3.63) is 59.8 Å². The first-order valence-corrected chi connectivity index (χ1v) is 11.1. The Morgan fingerprint density at radius 3 is 2.69 bits per heavy atom. The van der Waals surface area contributed by atoms with Crippen LogP contribution in [0.15, 0.2) is 54.2 Å². The van der Waals surface area contributed by atoms with E-state index in [1.165, 1.54) is 0 Å². The molecule has 0 fully saturated rings. The average molecular weight is 435 g/mol. The van der Waals surface area contributed by atoms with Crippen LogP contribution in [0.25, 0.3) is 0 Å². The molecule has 2 aromatic rings. The standard InChI is InChI=1S/C26H30N2O4/c1-5-23(31)28-19-10-8-7-9-17(19)27-18-14-26(3,4)15-21(30)24(18)25(28)16-11-12-20(29)22(13-16)32-6-2/h7-14,24-25,27,29H,5-6,15H2,1-4H3. The predicted octanol–water partition coefficient (Wildman–Crippen LogP) is 5.20. The second kappa shape index (κ2) is 8.34. The topological polar surface area (TPSA) is 78.9 Å². The van der Waals surface area contributed by atoms with Crippen molar-refractivity contribution in [2.75, 3.05) is 16.8 Å². The first-order chi connectivity index (χ1) is 15.3. The number of anilines is 2. The van der Waals surface area contributed by atoms with Crippen LogP contribution in [0.5, 0.6) is 11.5 Å². The molecule has 4 rings (SSSR count). The zero-order valence-electron chi connectivity index (χ0n) is 19.0. The number of ether oxygens (including phenoxy) is 1. The zero-order valence-corrected chi connectivity index (χ0v) is 19.0. The summed E-state index contributed by atoms with van der Waals surface area (Å²) in [5, 5.41) is 13.7. The van der Waals surface area contributed by atoms with Crippen molar-refractivity contribution in [1.29, 1.82) is 0 Å². The minimum absolute atomic E-state index is 0.0305. The maximum absolute atomic E-state index is 13.6.